The molecule has 0 spiro atoms. The first-order chi connectivity index (χ1) is 8.08. The predicted molar refractivity (Wildman–Crippen MR) is 68.3 cm³/mol. The summed E-state index contributed by atoms with van der Waals surface area (Å²) in [6.07, 6.45) is 0.0692. The van der Waals surface area contributed by atoms with E-state index in [1.807, 2.05) is 6.92 Å². The monoisotopic (exact) mass is 299 g/mol. The van der Waals surface area contributed by atoms with E-state index in [9.17, 15) is 9.59 Å². The third kappa shape index (κ3) is 3.85. The molecular weight excluding hydrogens is 286 g/mol. The summed E-state index contributed by atoms with van der Waals surface area (Å²) in [5.41, 5.74) is 0.413. The molecule has 0 unspecified atom stereocenters. The second-order valence-corrected chi connectivity index (χ2v) is 4.37. The van der Waals surface area contributed by atoms with Crippen molar-refractivity contribution in [3.63, 3.8) is 0 Å². The van der Waals surface area contributed by atoms with E-state index in [1.54, 1.807) is 25.1 Å². The van der Waals surface area contributed by atoms with Gasteiger partial charge in [0.2, 0.25) is 0 Å². The molecule has 1 aromatic rings. The molecule has 0 aliphatic heterocycles. The van der Waals surface area contributed by atoms with Gasteiger partial charge in [0.1, 0.15) is 5.75 Å². The molecule has 1 rings (SSSR count). The molecule has 1 aromatic carbocycles. The largest absolute Gasteiger partial charge is 0.480 e. The highest BCUT2D eigenvalue weighted by Gasteiger charge is 2.15. The van der Waals surface area contributed by atoms with Crippen LogP contribution < -0.4 is 10.1 Å². The maximum atomic E-state index is 11.5. The van der Waals surface area contributed by atoms with E-state index in [0.717, 1.165) is 4.47 Å². The van der Waals surface area contributed by atoms with Crippen LogP contribution in [0.1, 0.15) is 24.2 Å². The molecular formula is C12H14BrNO3. The highest BCUT2D eigenvalue weighted by atomic mass is 79.9. The number of carbonyl (C=O) groups is 2. The minimum Gasteiger partial charge on any atom is -0.480 e. The number of carbonyl (C=O) groups excluding carboxylic acids is 2. The fraction of sp³-hybridized carbons (Fsp3) is 0.333. The maximum Gasteiger partial charge on any atom is 0.260 e. The fourth-order valence-corrected chi connectivity index (χ4v) is 1.66. The SMILES string of the molecule is CCNC(=O)[C@H](C)Oc1ccc(Br)cc1C=O. The van der Waals surface area contributed by atoms with E-state index < -0.39 is 6.10 Å². The van der Waals surface area contributed by atoms with Crippen molar-refractivity contribution in [2.45, 2.75) is 20.0 Å². The number of likely N-dealkylation sites (N-methyl/N-ethyl adjacent to an activating group) is 1. The zero-order valence-corrected chi connectivity index (χ0v) is 11.3. The number of aldehydes is 1. The highest BCUT2D eigenvalue weighted by molar-refractivity contribution is 9.10. The molecule has 0 bridgehead atoms. The number of halogens is 1. The lowest BCUT2D eigenvalue weighted by molar-refractivity contribution is -0.127. The van der Waals surface area contributed by atoms with Crippen LogP contribution in [0.25, 0.3) is 0 Å². The standard InChI is InChI=1S/C12H14BrNO3/c1-3-14-12(16)8(2)17-11-5-4-10(13)6-9(11)7-15/h4-8H,3H2,1-2H3,(H,14,16)/t8-/m0/s1. The summed E-state index contributed by atoms with van der Waals surface area (Å²) < 4.78 is 6.23. The number of hydrogen-bond acceptors (Lipinski definition) is 3. The van der Waals surface area contributed by atoms with Crippen LogP contribution in [-0.2, 0) is 4.79 Å². The molecule has 0 aliphatic carbocycles. The van der Waals surface area contributed by atoms with Crippen molar-refractivity contribution < 1.29 is 14.3 Å². The Morgan fingerprint density at radius 2 is 2.29 bits per heavy atom. The topological polar surface area (TPSA) is 55.4 Å². The number of hydrogen-bond donors (Lipinski definition) is 1. The summed E-state index contributed by atoms with van der Waals surface area (Å²) in [7, 11) is 0. The van der Waals surface area contributed by atoms with Gasteiger partial charge in [0, 0.05) is 11.0 Å². The number of rotatable bonds is 5. The van der Waals surface area contributed by atoms with Crippen LogP contribution in [0.5, 0.6) is 5.75 Å². The Balaban J connectivity index is 2.80. The van der Waals surface area contributed by atoms with Gasteiger partial charge in [0.05, 0.1) is 5.56 Å². The molecule has 17 heavy (non-hydrogen) atoms. The Hall–Kier alpha value is -1.36. The molecule has 0 aromatic heterocycles. The number of nitrogens with one attached hydrogen (secondary N) is 1. The molecule has 0 saturated heterocycles. The van der Waals surface area contributed by atoms with E-state index in [-0.39, 0.29) is 5.91 Å². The van der Waals surface area contributed by atoms with Crippen molar-refractivity contribution in [2.24, 2.45) is 0 Å². The Bertz CT molecular complexity index is 420. The molecule has 1 atom stereocenters. The second kappa shape index (κ2) is 6.39. The quantitative estimate of drug-likeness (QED) is 0.848. The van der Waals surface area contributed by atoms with Gasteiger partial charge in [0.15, 0.2) is 12.4 Å². The summed E-state index contributed by atoms with van der Waals surface area (Å²) in [6.45, 7) is 4.02. The van der Waals surface area contributed by atoms with Gasteiger partial charge in [-0.15, -0.1) is 0 Å². The Morgan fingerprint density at radius 3 is 2.88 bits per heavy atom. The van der Waals surface area contributed by atoms with E-state index in [2.05, 4.69) is 21.2 Å². The van der Waals surface area contributed by atoms with Gasteiger partial charge >= 0.3 is 0 Å². The van der Waals surface area contributed by atoms with E-state index >= 15 is 0 Å². The van der Waals surface area contributed by atoms with Crippen LogP contribution in [-0.4, -0.2) is 24.8 Å². The van der Waals surface area contributed by atoms with Crippen molar-refractivity contribution in [3.05, 3.63) is 28.2 Å². The van der Waals surface area contributed by atoms with Gasteiger partial charge in [0.25, 0.3) is 5.91 Å². The molecule has 0 saturated carbocycles. The maximum absolute atomic E-state index is 11.5. The lowest BCUT2D eigenvalue weighted by Gasteiger charge is -2.15. The Morgan fingerprint density at radius 1 is 1.59 bits per heavy atom. The molecule has 5 heteroatoms. The summed E-state index contributed by atoms with van der Waals surface area (Å²) in [4.78, 5) is 22.3. The van der Waals surface area contributed by atoms with Crippen molar-refractivity contribution in [1.29, 1.82) is 0 Å². The minimum atomic E-state index is -0.630. The molecule has 4 nitrogen and oxygen atoms in total. The van der Waals surface area contributed by atoms with Crippen LogP contribution in [0.15, 0.2) is 22.7 Å². The first-order valence-corrected chi connectivity index (χ1v) is 6.07. The van der Waals surface area contributed by atoms with E-state index in [4.69, 9.17) is 4.74 Å². The summed E-state index contributed by atoms with van der Waals surface area (Å²) in [5.74, 6) is 0.203. The smallest absolute Gasteiger partial charge is 0.260 e. The van der Waals surface area contributed by atoms with Crippen LogP contribution in [0.2, 0.25) is 0 Å². The first kappa shape index (κ1) is 13.7. The van der Waals surface area contributed by atoms with Gasteiger partial charge in [-0.05, 0) is 32.0 Å². The first-order valence-electron chi connectivity index (χ1n) is 5.27. The van der Waals surface area contributed by atoms with Crippen molar-refractivity contribution in [3.8, 4) is 5.75 Å². The molecule has 0 heterocycles. The van der Waals surface area contributed by atoms with Gasteiger partial charge in [-0.2, -0.15) is 0 Å². The van der Waals surface area contributed by atoms with Crippen molar-refractivity contribution in [1.82, 2.24) is 5.32 Å². The molecule has 0 aliphatic rings. The minimum absolute atomic E-state index is 0.202. The fourth-order valence-electron chi connectivity index (χ4n) is 1.28. The lowest BCUT2D eigenvalue weighted by atomic mass is 10.2. The Labute approximate surface area is 108 Å². The van der Waals surface area contributed by atoms with Crippen molar-refractivity contribution >= 4 is 28.1 Å². The van der Waals surface area contributed by atoms with E-state index in [0.29, 0.717) is 24.1 Å². The van der Waals surface area contributed by atoms with E-state index in [1.165, 1.54) is 0 Å². The average molecular weight is 300 g/mol. The molecule has 0 radical (unpaired) electrons. The zero-order valence-electron chi connectivity index (χ0n) is 9.70. The lowest BCUT2D eigenvalue weighted by Crippen LogP contribution is -2.36. The zero-order chi connectivity index (χ0) is 12.8. The van der Waals surface area contributed by atoms with Crippen LogP contribution in [0.3, 0.4) is 0 Å². The summed E-state index contributed by atoms with van der Waals surface area (Å²) in [6, 6.07) is 5.06. The summed E-state index contributed by atoms with van der Waals surface area (Å²) >= 11 is 3.26. The molecule has 92 valence electrons. The number of benzene rings is 1. The van der Waals surface area contributed by atoms with Gasteiger partial charge in [-0.1, -0.05) is 15.9 Å². The summed E-state index contributed by atoms with van der Waals surface area (Å²) in [5, 5.41) is 2.65. The third-order valence-corrected chi connectivity index (χ3v) is 2.62. The van der Waals surface area contributed by atoms with Gasteiger partial charge in [-0.25, -0.2) is 0 Å². The van der Waals surface area contributed by atoms with Crippen LogP contribution >= 0.6 is 15.9 Å². The van der Waals surface area contributed by atoms with Crippen LogP contribution in [0, 0.1) is 0 Å². The average Bonchev–Trinajstić information content (AvgIpc) is 2.31. The number of ether oxygens (including phenoxy) is 1. The third-order valence-electron chi connectivity index (χ3n) is 2.12. The Kier molecular flexibility index (Phi) is 5.15. The van der Waals surface area contributed by atoms with Gasteiger partial charge in [-0.3, -0.25) is 9.59 Å². The highest BCUT2D eigenvalue weighted by Crippen LogP contribution is 2.22. The molecule has 1 N–H and O–H groups in total. The predicted octanol–water partition coefficient (Wildman–Crippen LogP) is 2.17. The van der Waals surface area contributed by atoms with Crippen molar-refractivity contribution in [2.75, 3.05) is 6.54 Å². The van der Waals surface area contributed by atoms with Crippen LogP contribution in [0.4, 0.5) is 0 Å². The normalized spacial score (nSPS) is 11.7. The number of amides is 1. The molecule has 1 amide bonds. The molecule has 0 fully saturated rings. The van der Waals surface area contributed by atoms with Gasteiger partial charge < -0.3 is 10.1 Å². The second-order valence-electron chi connectivity index (χ2n) is 3.45.